The summed E-state index contributed by atoms with van der Waals surface area (Å²) in [5.74, 6) is 0.529. The molecule has 5 heteroatoms. The molecule has 136 valence electrons. The highest BCUT2D eigenvalue weighted by Crippen LogP contribution is 2.25. The largest absolute Gasteiger partial charge is 0.339 e. The van der Waals surface area contributed by atoms with Crippen LogP contribution in [0, 0.1) is 23.0 Å². The molecule has 0 aromatic heterocycles. The minimum absolute atomic E-state index is 0.00796. The van der Waals surface area contributed by atoms with Crippen molar-refractivity contribution in [3.8, 4) is 0 Å². The van der Waals surface area contributed by atoms with E-state index in [1.54, 1.807) is 19.1 Å². The lowest BCUT2D eigenvalue weighted by Gasteiger charge is -2.32. The van der Waals surface area contributed by atoms with E-state index < -0.39 is 4.92 Å². The third-order valence-corrected chi connectivity index (χ3v) is 5.24. The highest BCUT2D eigenvalue weighted by molar-refractivity contribution is 5.95. The number of hydrogen-bond acceptors (Lipinski definition) is 3. The normalized spacial score (nSPS) is 15.0. The van der Waals surface area contributed by atoms with E-state index in [4.69, 9.17) is 0 Å². The summed E-state index contributed by atoms with van der Waals surface area (Å²) in [5.41, 5.74) is 2.35. The van der Waals surface area contributed by atoms with Gasteiger partial charge in [-0.25, -0.2) is 0 Å². The number of amides is 1. The summed E-state index contributed by atoms with van der Waals surface area (Å²) in [6, 6.07) is 15.2. The molecule has 0 unspecified atom stereocenters. The van der Waals surface area contributed by atoms with Crippen molar-refractivity contribution < 1.29 is 9.72 Å². The first-order chi connectivity index (χ1) is 12.5. The van der Waals surface area contributed by atoms with E-state index in [1.165, 1.54) is 11.6 Å². The summed E-state index contributed by atoms with van der Waals surface area (Å²) in [6.45, 7) is 3.13. The first-order valence-electron chi connectivity index (χ1n) is 9.13. The number of rotatable bonds is 5. The number of likely N-dealkylation sites (tertiary alicyclic amines) is 1. The van der Waals surface area contributed by atoms with Gasteiger partial charge in [0.05, 0.1) is 4.92 Å². The molecule has 26 heavy (non-hydrogen) atoms. The van der Waals surface area contributed by atoms with Crippen LogP contribution in [0.2, 0.25) is 0 Å². The summed E-state index contributed by atoms with van der Waals surface area (Å²) < 4.78 is 0. The van der Waals surface area contributed by atoms with Gasteiger partial charge in [0.1, 0.15) is 0 Å². The Morgan fingerprint density at radius 1 is 1.15 bits per heavy atom. The molecule has 0 N–H and O–H groups in total. The minimum Gasteiger partial charge on any atom is -0.339 e. The van der Waals surface area contributed by atoms with Gasteiger partial charge in [0.25, 0.3) is 11.6 Å². The van der Waals surface area contributed by atoms with Crippen molar-refractivity contribution in [1.29, 1.82) is 0 Å². The van der Waals surface area contributed by atoms with E-state index >= 15 is 0 Å². The lowest BCUT2D eigenvalue weighted by molar-refractivity contribution is -0.385. The third kappa shape index (κ3) is 4.28. The smallest absolute Gasteiger partial charge is 0.273 e. The number of nitrogens with zero attached hydrogens (tertiary/aromatic N) is 2. The van der Waals surface area contributed by atoms with Crippen molar-refractivity contribution in [2.75, 3.05) is 13.1 Å². The van der Waals surface area contributed by atoms with E-state index in [9.17, 15) is 14.9 Å². The zero-order chi connectivity index (χ0) is 18.5. The van der Waals surface area contributed by atoms with Gasteiger partial charge < -0.3 is 4.90 Å². The fraction of sp³-hybridized carbons (Fsp3) is 0.381. The number of carbonyl (C=O) groups excluding carboxylic acids is 1. The second-order valence-electron chi connectivity index (χ2n) is 7.02. The monoisotopic (exact) mass is 352 g/mol. The van der Waals surface area contributed by atoms with Crippen molar-refractivity contribution in [3.05, 3.63) is 75.3 Å². The van der Waals surface area contributed by atoms with Crippen LogP contribution in [0.1, 0.15) is 40.7 Å². The Hall–Kier alpha value is -2.69. The van der Waals surface area contributed by atoms with Crippen LogP contribution in [-0.2, 0) is 6.42 Å². The lowest BCUT2D eigenvalue weighted by Crippen LogP contribution is -2.38. The summed E-state index contributed by atoms with van der Waals surface area (Å²) in [6.07, 6.45) is 4.20. The first-order valence-corrected chi connectivity index (χ1v) is 9.13. The Morgan fingerprint density at radius 2 is 1.85 bits per heavy atom. The number of piperidine rings is 1. The summed E-state index contributed by atoms with van der Waals surface area (Å²) in [5, 5.41) is 11.1. The zero-order valence-electron chi connectivity index (χ0n) is 15.1. The SMILES string of the molecule is Cc1ccc(C(=O)N2CCC(CCc3ccccc3)CC2)cc1[N+](=O)[O-]. The maximum atomic E-state index is 12.7. The van der Waals surface area contributed by atoms with Crippen molar-refractivity contribution in [2.24, 2.45) is 5.92 Å². The molecule has 0 atom stereocenters. The molecule has 0 radical (unpaired) electrons. The van der Waals surface area contributed by atoms with E-state index in [1.807, 2.05) is 11.0 Å². The van der Waals surface area contributed by atoms with Crippen LogP contribution in [0.15, 0.2) is 48.5 Å². The van der Waals surface area contributed by atoms with Gasteiger partial charge in [0.15, 0.2) is 0 Å². The van der Waals surface area contributed by atoms with E-state index in [0.29, 0.717) is 17.0 Å². The summed E-state index contributed by atoms with van der Waals surface area (Å²) in [7, 11) is 0. The molecule has 1 aliphatic heterocycles. The second-order valence-corrected chi connectivity index (χ2v) is 7.02. The molecular formula is C21H24N2O3. The van der Waals surface area contributed by atoms with Gasteiger partial charge in [-0.15, -0.1) is 0 Å². The van der Waals surface area contributed by atoms with E-state index in [0.717, 1.165) is 38.8 Å². The van der Waals surface area contributed by atoms with Crippen LogP contribution in [0.3, 0.4) is 0 Å². The van der Waals surface area contributed by atoms with E-state index in [-0.39, 0.29) is 11.6 Å². The van der Waals surface area contributed by atoms with Gasteiger partial charge in [-0.3, -0.25) is 14.9 Å². The Kier molecular flexibility index (Phi) is 5.66. The molecule has 1 saturated heterocycles. The Balaban J connectivity index is 1.55. The number of hydrogen-bond donors (Lipinski definition) is 0. The topological polar surface area (TPSA) is 63.5 Å². The second kappa shape index (κ2) is 8.13. The van der Waals surface area contributed by atoms with Gasteiger partial charge >= 0.3 is 0 Å². The third-order valence-electron chi connectivity index (χ3n) is 5.24. The lowest BCUT2D eigenvalue weighted by atomic mass is 9.90. The van der Waals surface area contributed by atoms with Crippen LogP contribution in [-0.4, -0.2) is 28.8 Å². The van der Waals surface area contributed by atoms with Crippen molar-refractivity contribution >= 4 is 11.6 Å². The molecule has 0 aliphatic carbocycles. The molecule has 1 heterocycles. The maximum Gasteiger partial charge on any atom is 0.273 e. The van der Waals surface area contributed by atoms with Gasteiger partial charge in [-0.1, -0.05) is 36.4 Å². The maximum absolute atomic E-state index is 12.7. The van der Waals surface area contributed by atoms with E-state index in [2.05, 4.69) is 24.3 Å². The number of nitro benzene ring substituents is 1. The zero-order valence-corrected chi connectivity index (χ0v) is 15.1. The number of aryl methyl sites for hydroxylation is 2. The highest BCUT2D eigenvalue weighted by Gasteiger charge is 2.25. The standard InChI is InChI=1S/C21H24N2O3/c1-16-7-10-19(15-20(16)23(25)26)21(24)22-13-11-18(12-14-22)9-8-17-5-3-2-4-6-17/h2-7,10,15,18H,8-9,11-14H2,1H3. The molecule has 1 fully saturated rings. The molecule has 0 saturated carbocycles. The van der Waals surface area contributed by atoms with Gasteiger partial charge in [-0.2, -0.15) is 0 Å². The van der Waals surface area contributed by atoms with Gasteiger partial charge in [0.2, 0.25) is 0 Å². The summed E-state index contributed by atoms with van der Waals surface area (Å²) >= 11 is 0. The van der Waals surface area contributed by atoms with Crippen molar-refractivity contribution in [2.45, 2.75) is 32.6 Å². The van der Waals surface area contributed by atoms with Crippen LogP contribution < -0.4 is 0 Å². The van der Waals surface area contributed by atoms with Crippen LogP contribution in [0.5, 0.6) is 0 Å². The molecule has 2 aromatic rings. The Morgan fingerprint density at radius 3 is 2.50 bits per heavy atom. The molecule has 2 aromatic carbocycles. The Bertz CT molecular complexity index is 781. The number of carbonyl (C=O) groups is 1. The molecule has 1 aliphatic rings. The highest BCUT2D eigenvalue weighted by atomic mass is 16.6. The first kappa shape index (κ1) is 18.1. The summed E-state index contributed by atoms with van der Waals surface area (Å²) in [4.78, 5) is 25.2. The molecule has 3 rings (SSSR count). The van der Waals surface area contributed by atoms with Crippen LogP contribution in [0.25, 0.3) is 0 Å². The Labute approximate surface area is 153 Å². The van der Waals surface area contributed by atoms with Crippen molar-refractivity contribution in [3.63, 3.8) is 0 Å². The minimum atomic E-state index is -0.429. The molecule has 0 bridgehead atoms. The molecule has 5 nitrogen and oxygen atoms in total. The quantitative estimate of drug-likeness (QED) is 0.592. The van der Waals surface area contributed by atoms with Gasteiger partial charge in [-0.05, 0) is 50.2 Å². The van der Waals surface area contributed by atoms with Gasteiger partial charge in [0, 0.05) is 30.3 Å². The number of nitro groups is 1. The van der Waals surface area contributed by atoms with Crippen molar-refractivity contribution in [1.82, 2.24) is 4.90 Å². The number of benzene rings is 2. The molecule has 0 spiro atoms. The average Bonchev–Trinajstić information content (AvgIpc) is 2.67. The van der Waals surface area contributed by atoms with Crippen LogP contribution >= 0.6 is 0 Å². The van der Waals surface area contributed by atoms with Crippen LogP contribution in [0.4, 0.5) is 5.69 Å². The predicted molar refractivity (Wildman–Crippen MR) is 101 cm³/mol. The molecule has 1 amide bonds. The predicted octanol–water partition coefficient (Wildman–Crippen LogP) is 4.39. The molecular weight excluding hydrogens is 328 g/mol. The average molecular weight is 352 g/mol. The fourth-order valence-corrected chi connectivity index (χ4v) is 3.56. The fourth-order valence-electron chi connectivity index (χ4n) is 3.56.